The first-order chi connectivity index (χ1) is 26.1. The minimum absolute atomic E-state index is 0.0338. The highest BCUT2D eigenvalue weighted by atomic mass is 16.4. The topological polar surface area (TPSA) is 261 Å². The molecule has 2 saturated heterocycles. The molecular weight excluding hydrogens is 721 g/mol. The van der Waals surface area contributed by atoms with Crippen LogP contribution in [0.15, 0.2) is 24.3 Å². The number of likely N-dealkylation sites (tertiary alicyclic amines) is 1. The molecule has 0 aromatic heterocycles. The second-order valence-corrected chi connectivity index (χ2v) is 14.0. The number of Topliss-reactive ketones (excluding diaryl/α,β-unsaturated/α-hetero) is 1. The van der Waals surface area contributed by atoms with Gasteiger partial charge in [0.15, 0.2) is 0 Å². The molecule has 304 valence electrons. The van der Waals surface area contributed by atoms with Crippen molar-refractivity contribution in [2.45, 2.75) is 51.0 Å². The van der Waals surface area contributed by atoms with Gasteiger partial charge in [-0.15, -0.1) is 0 Å². The molecule has 0 bridgehead atoms. The Bertz CT molecular complexity index is 1450. The second-order valence-electron chi connectivity index (χ2n) is 14.0. The van der Waals surface area contributed by atoms with E-state index >= 15 is 0 Å². The number of nitrogens with one attached hydrogen (secondary N) is 2. The van der Waals surface area contributed by atoms with Crippen LogP contribution in [-0.2, 0) is 35.2 Å². The fourth-order valence-electron chi connectivity index (χ4n) is 6.62. The summed E-state index contributed by atoms with van der Waals surface area (Å²) < 4.78 is 0. The summed E-state index contributed by atoms with van der Waals surface area (Å²) >= 11 is 0. The predicted octanol–water partition coefficient (Wildman–Crippen LogP) is -2.71. The summed E-state index contributed by atoms with van der Waals surface area (Å²) in [6, 6.07) is 5.45. The van der Waals surface area contributed by atoms with Crippen LogP contribution in [0.2, 0.25) is 0 Å². The molecule has 2 atom stereocenters. The van der Waals surface area contributed by atoms with E-state index < -0.39 is 48.8 Å². The van der Waals surface area contributed by atoms with E-state index in [0.29, 0.717) is 57.5 Å². The van der Waals surface area contributed by atoms with Crippen LogP contribution in [0.3, 0.4) is 0 Å². The highest BCUT2D eigenvalue weighted by Crippen LogP contribution is 2.19. The molecule has 0 unspecified atom stereocenters. The first-order valence-electron chi connectivity index (χ1n) is 18.5. The van der Waals surface area contributed by atoms with Gasteiger partial charge in [0, 0.05) is 77.4 Å². The molecule has 3 amide bonds. The first kappa shape index (κ1) is 44.9. The van der Waals surface area contributed by atoms with E-state index in [4.69, 9.17) is 0 Å². The monoisotopic (exact) mass is 775 g/mol. The van der Waals surface area contributed by atoms with Crippen molar-refractivity contribution in [2.75, 3.05) is 91.6 Å². The van der Waals surface area contributed by atoms with Crippen LogP contribution >= 0.6 is 0 Å². The molecule has 0 radical (unpaired) electrons. The predicted molar refractivity (Wildman–Crippen MR) is 198 cm³/mol. The number of carboxylic acid groups (broad SMARTS) is 3. The van der Waals surface area contributed by atoms with Gasteiger partial charge in [-0.1, -0.05) is 12.1 Å². The van der Waals surface area contributed by atoms with Gasteiger partial charge >= 0.3 is 25.0 Å². The number of benzene rings is 1. The molecule has 2 aliphatic heterocycles. The maximum absolute atomic E-state index is 13.0. The molecule has 20 heteroatoms. The van der Waals surface area contributed by atoms with E-state index in [1.165, 1.54) is 24.0 Å². The van der Waals surface area contributed by atoms with E-state index in [0.717, 1.165) is 0 Å². The molecule has 3 rings (SSSR count). The van der Waals surface area contributed by atoms with Crippen molar-refractivity contribution in [3.05, 3.63) is 35.4 Å². The molecule has 1 aromatic carbocycles. The van der Waals surface area contributed by atoms with Crippen molar-refractivity contribution in [3.8, 4) is 0 Å². The van der Waals surface area contributed by atoms with Gasteiger partial charge in [0.05, 0.1) is 38.5 Å². The maximum Gasteiger partial charge on any atom is 0.475 e. The average Bonchev–Trinajstić information content (AvgIpc) is 3.61. The SMILES string of the molecule is C[C@@H](NC(=O)c1ccc(CC(=O)NCCCC(=O)CN2CCN(CC(=O)O)CCN(CC(=O)O)CCN(CC(=O)O)CC2)cc1)C(=O)N1CCC[C@H]1B(O)O. The lowest BCUT2D eigenvalue weighted by Crippen LogP contribution is -2.52. The average molecular weight is 776 g/mol. The zero-order chi connectivity index (χ0) is 40.5. The molecule has 0 saturated carbocycles. The number of carbonyl (C=O) groups is 7. The standard InChI is InChI=1S/C35H54BN7O12/c1-25(35(53)43-11-3-5-29(43)36(54)55)38-34(52)27-8-6-26(7-9-27)20-30(45)37-10-2-4-28(44)21-39-12-14-40(22-31(46)47)16-18-42(24-33(50)51)19-17-41(15-13-39)23-32(48)49/h6-9,25,29,54-55H,2-5,10-24H2,1H3,(H,37,45)(H,38,52)(H,46,47)(H,48,49)(H,50,51)/t25-,29+/m1/s1. The largest absolute Gasteiger partial charge is 0.480 e. The summed E-state index contributed by atoms with van der Waals surface area (Å²) in [5, 5.41) is 52.6. The number of carboxylic acids is 3. The fourth-order valence-corrected chi connectivity index (χ4v) is 6.62. The Kier molecular flexibility index (Phi) is 18.6. The normalized spacial score (nSPS) is 18.7. The molecule has 7 N–H and O–H groups in total. The molecule has 0 spiro atoms. The zero-order valence-corrected chi connectivity index (χ0v) is 31.3. The molecule has 2 heterocycles. The Labute approximate surface area is 320 Å². The number of ketones is 1. The van der Waals surface area contributed by atoms with Crippen molar-refractivity contribution in [3.63, 3.8) is 0 Å². The van der Waals surface area contributed by atoms with E-state index in [1.807, 2.05) is 4.90 Å². The summed E-state index contributed by atoms with van der Waals surface area (Å²) in [5.74, 6) is -5.09. The van der Waals surface area contributed by atoms with Gasteiger partial charge in [-0.3, -0.25) is 53.2 Å². The number of aliphatic carboxylic acids is 3. The number of rotatable bonds is 18. The minimum atomic E-state index is -1.65. The van der Waals surface area contributed by atoms with Crippen molar-refractivity contribution < 1.29 is 58.9 Å². The van der Waals surface area contributed by atoms with Crippen LogP contribution in [0.25, 0.3) is 0 Å². The number of hydrogen-bond acceptors (Lipinski definition) is 13. The van der Waals surface area contributed by atoms with Gasteiger partial charge in [0.2, 0.25) is 11.8 Å². The Morgan fingerprint density at radius 3 is 1.65 bits per heavy atom. The van der Waals surface area contributed by atoms with Crippen molar-refractivity contribution in [2.24, 2.45) is 0 Å². The smallest absolute Gasteiger partial charge is 0.475 e. The first-order valence-corrected chi connectivity index (χ1v) is 18.5. The Morgan fingerprint density at radius 2 is 1.20 bits per heavy atom. The lowest BCUT2D eigenvalue weighted by molar-refractivity contribution is -0.140. The van der Waals surface area contributed by atoms with Gasteiger partial charge in [-0.2, -0.15) is 0 Å². The number of amides is 3. The van der Waals surface area contributed by atoms with Crippen LogP contribution < -0.4 is 10.6 Å². The van der Waals surface area contributed by atoms with Crippen LogP contribution in [0.4, 0.5) is 0 Å². The summed E-state index contributed by atoms with van der Waals surface area (Å²) in [4.78, 5) is 93.8. The summed E-state index contributed by atoms with van der Waals surface area (Å²) in [5.41, 5.74) is 0.927. The van der Waals surface area contributed by atoms with Gasteiger partial charge in [-0.25, -0.2) is 0 Å². The Balaban J connectivity index is 1.45. The quantitative estimate of drug-likeness (QED) is 0.0591. The second kappa shape index (κ2) is 22.8. The Morgan fingerprint density at radius 1 is 0.727 bits per heavy atom. The lowest BCUT2D eigenvalue weighted by atomic mass is 9.78. The van der Waals surface area contributed by atoms with Gasteiger partial charge in [0.25, 0.3) is 5.91 Å². The summed E-state index contributed by atoms with van der Waals surface area (Å²) in [6.45, 7) is 3.81. The van der Waals surface area contributed by atoms with Crippen LogP contribution in [0, 0.1) is 0 Å². The minimum Gasteiger partial charge on any atom is -0.480 e. The summed E-state index contributed by atoms with van der Waals surface area (Å²) in [7, 11) is -1.65. The maximum atomic E-state index is 13.0. The number of hydrogen-bond donors (Lipinski definition) is 7. The van der Waals surface area contributed by atoms with Crippen molar-refractivity contribution in [1.82, 2.24) is 35.1 Å². The van der Waals surface area contributed by atoms with Crippen LogP contribution in [0.1, 0.15) is 48.5 Å². The van der Waals surface area contributed by atoms with Gasteiger partial charge < -0.3 is 40.9 Å². The zero-order valence-electron chi connectivity index (χ0n) is 31.3. The van der Waals surface area contributed by atoms with E-state index in [1.54, 1.807) is 26.8 Å². The third-order valence-electron chi connectivity index (χ3n) is 9.59. The van der Waals surface area contributed by atoms with Crippen LogP contribution in [-0.4, -0.2) is 202 Å². The van der Waals surface area contributed by atoms with Crippen molar-refractivity contribution >= 4 is 48.5 Å². The highest BCUT2D eigenvalue weighted by molar-refractivity contribution is 6.43. The summed E-state index contributed by atoms with van der Waals surface area (Å²) in [6.07, 6.45) is 1.68. The van der Waals surface area contributed by atoms with Crippen molar-refractivity contribution in [1.29, 1.82) is 0 Å². The molecule has 2 fully saturated rings. The Hall–Kier alpha value is -4.47. The van der Waals surface area contributed by atoms with Gasteiger partial charge in [-0.05, 0) is 43.9 Å². The molecule has 0 aliphatic carbocycles. The van der Waals surface area contributed by atoms with E-state index in [9.17, 15) is 58.9 Å². The third kappa shape index (κ3) is 16.4. The van der Waals surface area contributed by atoms with Gasteiger partial charge in [0.1, 0.15) is 11.8 Å². The molecular formula is C35H54BN7O12. The number of nitrogens with zero attached hydrogens (tertiary/aromatic N) is 5. The lowest BCUT2D eigenvalue weighted by Gasteiger charge is -2.32. The molecule has 19 nitrogen and oxygen atoms in total. The number of carbonyl (C=O) groups excluding carboxylic acids is 4. The highest BCUT2D eigenvalue weighted by Gasteiger charge is 2.38. The molecule has 1 aromatic rings. The molecule has 55 heavy (non-hydrogen) atoms. The van der Waals surface area contributed by atoms with E-state index in [2.05, 4.69) is 10.6 Å². The van der Waals surface area contributed by atoms with Crippen LogP contribution in [0.5, 0.6) is 0 Å². The molecule has 2 aliphatic rings. The fraction of sp³-hybridized carbons (Fsp3) is 0.629. The van der Waals surface area contributed by atoms with E-state index in [-0.39, 0.29) is 89.0 Å². The third-order valence-corrected chi connectivity index (χ3v) is 9.59.